The van der Waals surface area contributed by atoms with Crippen LogP contribution in [0.25, 0.3) is 0 Å². The Balaban J connectivity index is 1.68. The monoisotopic (exact) mass is 362 g/mol. The van der Waals surface area contributed by atoms with Gasteiger partial charge in [0.1, 0.15) is 24.4 Å². The van der Waals surface area contributed by atoms with Gasteiger partial charge in [-0.25, -0.2) is 0 Å². The van der Waals surface area contributed by atoms with Crippen molar-refractivity contribution in [1.29, 1.82) is 0 Å². The number of benzene rings is 2. The zero-order valence-electron chi connectivity index (χ0n) is 14.5. The van der Waals surface area contributed by atoms with Crippen LogP contribution in [0.4, 0.5) is 0 Å². The molecule has 0 bridgehead atoms. The molecular weight excluding hydrogens is 336 g/mol. The molecule has 142 valence electrons. The van der Waals surface area contributed by atoms with E-state index in [2.05, 4.69) is 0 Å². The molecule has 26 heavy (non-hydrogen) atoms. The van der Waals surface area contributed by atoms with Crippen molar-refractivity contribution in [1.82, 2.24) is 0 Å². The summed E-state index contributed by atoms with van der Waals surface area (Å²) in [5, 5.41) is 39.8. The van der Waals surface area contributed by atoms with Gasteiger partial charge in [-0.1, -0.05) is 60.7 Å². The molecule has 2 aromatic rings. The van der Waals surface area contributed by atoms with E-state index in [-0.39, 0.29) is 26.4 Å². The molecule has 2 aromatic carbocycles. The molecule has 0 aliphatic rings. The van der Waals surface area contributed by atoms with Gasteiger partial charge in [-0.15, -0.1) is 0 Å². The molecular formula is C20H26O6. The van der Waals surface area contributed by atoms with E-state index in [1.165, 1.54) is 0 Å². The van der Waals surface area contributed by atoms with Gasteiger partial charge in [0, 0.05) is 0 Å². The van der Waals surface area contributed by atoms with Crippen LogP contribution in [0.2, 0.25) is 0 Å². The van der Waals surface area contributed by atoms with Crippen LogP contribution < -0.4 is 0 Å². The van der Waals surface area contributed by atoms with Crippen molar-refractivity contribution >= 4 is 0 Å². The molecule has 0 amide bonds. The van der Waals surface area contributed by atoms with E-state index in [1.54, 1.807) is 0 Å². The summed E-state index contributed by atoms with van der Waals surface area (Å²) in [5.74, 6) is 0. The molecule has 4 N–H and O–H groups in total. The van der Waals surface area contributed by atoms with Crippen molar-refractivity contribution in [2.24, 2.45) is 0 Å². The standard InChI is InChI=1S/C20H26O6/c21-17(13-25-11-15-7-3-1-4-8-15)19(23)20(24)18(22)14-26-12-16-9-5-2-6-10-16/h1-10,17-24H,11-14H2/t17-,18+,19-,20-/m0/s1. The molecule has 6 nitrogen and oxygen atoms in total. The number of aliphatic hydroxyl groups is 4. The summed E-state index contributed by atoms with van der Waals surface area (Å²) < 4.78 is 10.7. The lowest BCUT2D eigenvalue weighted by atomic mass is 10.0. The Bertz CT molecular complexity index is 551. The van der Waals surface area contributed by atoms with Crippen molar-refractivity contribution < 1.29 is 29.9 Å². The van der Waals surface area contributed by atoms with Gasteiger partial charge in [0.15, 0.2) is 0 Å². The minimum Gasteiger partial charge on any atom is -0.388 e. The van der Waals surface area contributed by atoms with Crippen LogP contribution in [0.15, 0.2) is 60.7 Å². The fraction of sp³-hybridized carbons (Fsp3) is 0.400. The van der Waals surface area contributed by atoms with Gasteiger partial charge in [0.2, 0.25) is 0 Å². The Morgan fingerprint density at radius 1 is 0.577 bits per heavy atom. The maximum absolute atomic E-state index is 9.97. The van der Waals surface area contributed by atoms with E-state index >= 15 is 0 Å². The first kappa shape index (κ1) is 20.5. The first-order valence-corrected chi connectivity index (χ1v) is 8.53. The van der Waals surface area contributed by atoms with Crippen LogP contribution in [0.3, 0.4) is 0 Å². The average Bonchev–Trinajstić information content (AvgIpc) is 2.68. The largest absolute Gasteiger partial charge is 0.388 e. The van der Waals surface area contributed by atoms with E-state index in [0.717, 1.165) is 11.1 Å². The summed E-state index contributed by atoms with van der Waals surface area (Å²) in [4.78, 5) is 0. The van der Waals surface area contributed by atoms with Crippen LogP contribution in [0.5, 0.6) is 0 Å². The molecule has 0 radical (unpaired) electrons. The molecule has 0 saturated heterocycles. The zero-order valence-corrected chi connectivity index (χ0v) is 14.5. The van der Waals surface area contributed by atoms with Gasteiger partial charge < -0.3 is 29.9 Å². The fourth-order valence-electron chi connectivity index (χ4n) is 2.40. The summed E-state index contributed by atoms with van der Waals surface area (Å²) in [6, 6.07) is 18.8. The normalized spacial score (nSPS) is 16.0. The van der Waals surface area contributed by atoms with Gasteiger partial charge in [-0.05, 0) is 11.1 Å². The van der Waals surface area contributed by atoms with Gasteiger partial charge in [0.25, 0.3) is 0 Å². The maximum Gasteiger partial charge on any atom is 0.111 e. The van der Waals surface area contributed by atoms with Gasteiger partial charge in [0.05, 0.1) is 26.4 Å². The molecule has 0 aliphatic heterocycles. The third kappa shape index (κ3) is 6.84. The molecule has 6 heteroatoms. The second-order valence-electron chi connectivity index (χ2n) is 6.12. The first-order valence-electron chi connectivity index (χ1n) is 8.53. The third-order valence-electron chi connectivity index (χ3n) is 3.94. The lowest BCUT2D eigenvalue weighted by molar-refractivity contribution is -0.136. The highest BCUT2D eigenvalue weighted by Gasteiger charge is 2.30. The quantitative estimate of drug-likeness (QED) is 0.473. The lowest BCUT2D eigenvalue weighted by Crippen LogP contribution is -2.47. The molecule has 0 unspecified atom stereocenters. The van der Waals surface area contributed by atoms with Gasteiger partial charge >= 0.3 is 0 Å². The fourth-order valence-corrected chi connectivity index (χ4v) is 2.40. The molecule has 0 spiro atoms. The Kier molecular flexibility index (Phi) is 8.70. The molecule has 0 fully saturated rings. The maximum atomic E-state index is 9.97. The second-order valence-corrected chi connectivity index (χ2v) is 6.12. The summed E-state index contributed by atoms with van der Waals surface area (Å²) >= 11 is 0. The SMILES string of the molecule is O[C@H]([C@@H](O)[C@@H](O)COCc1ccccc1)[C@H](O)COCc1ccccc1. The average molecular weight is 362 g/mol. The van der Waals surface area contributed by atoms with Crippen molar-refractivity contribution in [2.45, 2.75) is 37.6 Å². The van der Waals surface area contributed by atoms with E-state index in [9.17, 15) is 20.4 Å². The minimum atomic E-state index is -1.54. The number of ether oxygens (including phenoxy) is 2. The summed E-state index contributed by atoms with van der Waals surface area (Å²) in [6.07, 6.45) is -5.72. The molecule has 0 aromatic heterocycles. The third-order valence-corrected chi connectivity index (χ3v) is 3.94. The lowest BCUT2D eigenvalue weighted by Gasteiger charge is -2.26. The van der Waals surface area contributed by atoms with E-state index in [0.29, 0.717) is 0 Å². The number of aliphatic hydroxyl groups excluding tert-OH is 4. The van der Waals surface area contributed by atoms with Crippen LogP contribution in [0.1, 0.15) is 11.1 Å². The zero-order chi connectivity index (χ0) is 18.8. The van der Waals surface area contributed by atoms with E-state index < -0.39 is 24.4 Å². The summed E-state index contributed by atoms with van der Waals surface area (Å²) in [5.41, 5.74) is 1.87. The summed E-state index contributed by atoms with van der Waals surface area (Å²) in [6.45, 7) is 0.238. The van der Waals surface area contributed by atoms with Crippen LogP contribution in [0, 0.1) is 0 Å². The topological polar surface area (TPSA) is 99.4 Å². The van der Waals surface area contributed by atoms with Crippen LogP contribution in [-0.2, 0) is 22.7 Å². The van der Waals surface area contributed by atoms with Gasteiger partial charge in [-0.3, -0.25) is 0 Å². The van der Waals surface area contributed by atoms with Crippen molar-refractivity contribution in [3.8, 4) is 0 Å². The van der Waals surface area contributed by atoms with E-state index in [4.69, 9.17) is 9.47 Å². The molecule has 0 saturated carbocycles. The highest BCUT2D eigenvalue weighted by Crippen LogP contribution is 2.09. The molecule has 4 atom stereocenters. The van der Waals surface area contributed by atoms with E-state index in [1.807, 2.05) is 60.7 Å². The molecule has 2 rings (SSSR count). The van der Waals surface area contributed by atoms with Crippen molar-refractivity contribution in [2.75, 3.05) is 13.2 Å². The Labute approximate surface area is 153 Å². The molecule has 0 aliphatic carbocycles. The summed E-state index contributed by atoms with van der Waals surface area (Å²) in [7, 11) is 0. The van der Waals surface area contributed by atoms with Crippen LogP contribution in [-0.4, -0.2) is 58.1 Å². The van der Waals surface area contributed by atoms with Crippen LogP contribution >= 0.6 is 0 Å². The molecule has 0 heterocycles. The predicted octanol–water partition coefficient (Wildman–Crippen LogP) is 0.864. The smallest absolute Gasteiger partial charge is 0.111 e. The Morgan fingerprint density at radius 3 is 1.27 bits per heavy atom. The Morgan fingerprint density at radius 2 is 0.923 bits per heavy atom. The highest BCUT2D eigenvalue weighted by molar-refractivity contribution is 5.14. The predicted molar refractivity (Wildman–Crippen MR) is 96.2 cm³/mol. The Hall–Kier alpha value is -1.80. The minimum absolute atomic E-state index is 0.162. The highest BCUT2D eigenvalue weighted by atomic mass is 16.5. The first-order chi connectivity index (χ1) is 12.6. The van der Waals surface area contributed by atoms with Crippen molar-refractivity contribution in [3.63, 3.8) is 0 Å². The second kappa shape index (κ2) is 11.0. The number of hydrogen-bond acceptors (Lipinski definition) is 6. The van der Waals surface area contributed by atoms with Crippen molar-refractivity contribution in [3.05, 3.63) is 71.8 Å². The van der Waals surface area contributed by atoms with Gasteiger partial charge in [-0.2, -0.15) is 0 Å². The number of rotatable bonds is 11. The number of hydrogen-bond donors (Lipinski definition) is 4.